The van der Waals surface area contributed by atoms with Crippen LogP contribution in [0.2, 0.25) is 0 Å². The summed E-state index contributed by atoms with van der Waals surface area (Å²) in [7, 11) is 0. The minimum Gasteiger partial charge on any atom is -0.424 e. The zero-order chi connectivity index (χ0) is 15.6. The first kappa shape index (κ1) is 15.2. The van der Waals surface area contributed by atoms with E-state index in [0.717, 1.165) is 25.3 Å². The summed E-state index contributed by atoms with van der Waals surface area (Å²) in [6.07, 6.45) is 2.30. The molecule has 2 aromatic rings. The van der Waals surface area contributed by atoms with Crippen molar-refractivity contribution in [1.29, 1.82) is 0 Å². The van der Waals surface area contributed by atoms with Crippen LogP contribution in [-0.4, -0.2) is 32.3 Å². The lowest BCUT2D eigenvalue weighted by Gasteiger charge is -2.28. The Morgan fingerprint density at radius 3 is 2.55 bits per heavy atom. The van der Waals surface area contributed by atoms with Gasteiger partial charge in [-0.2, -0.15) is 0 Å². The van der Waals surface area contributed by atoms with Crippen LogP contribution in [0.15, 0.2) is 34.7 Å². The monoisotopic (exact) mass is 301 g/mol. The summed E-state index contributed by atoms with van der Waals surface area (Å²) in [5, 5.41) is 18.4. The van der Waals surface area contributed by atoms with Gasteiger partial charge in [-0.05, 0) is 32.3 Å². The fourth-order valence-electron chi connectivity index (χ4n) is 2.57. The summed E-state index contributed by atoms with van der Waals surface area (Å²) in [5.41, 5.74) is 0.433. The molecule has 5 heteroatoms. The van der Waals surface area contributed by atoms with Crippen LogP contribution in [0.3, 0.4) is 0 Å². The molecule has 3 rings (SSSR count). The van der Waals surface area contributed by atoms with E-state index in [4.69, 9.17) is 4.42 Å². The van der Waals surface area contributed by atoms with Gasteiger partial charge >= 0.3 is 0 Å². The molecule has 0 amide bonds. The fraction of sp³-hybridized carbons (Fsp3) is 0.529. The van der Waals surface area contributed by atoms with Gasteiger partial charge in [-0.25, -0.2) is 0 Å². The lowest BCUT2D eigenvalue weighted by atomic mass is 10.1. The van der Waals surface area contributed by atoms with Crippen LogP contribution in [0.1, 0.15) is 50.0 Å². The van der Waals surface area contributed by atoms with Crippen molar-refractivity contribution < 1.29 is 9.52 Å². The predicted molar refractivity (Wildman–Crippen MR) is 83.1 cm³/mol. The summed E-state index contributed by atoms with van der Waals surface area (Å²) in [6, 6.07) is 10.2. The highest BCUT2D eigenvalue weighted by molar-refractivity contribution is 5.14. The third kappa shape index (κ3) is 4.39. The maximum Gasteiger partial charge on any atom is 0.230 e. The molecule has 1 heterocycles. The number of hydrogen-bond acceptors (Lipinski definition) is 5. The van der Waals surface area contributed by atoms with E-state index >= 15 is 0 Å². The fourth-order valence-corrected chi connectivity index (χ4v) is 2.57. The van der Waals surface area contributed by atoms with E-state index < -0.39 is 5.60 Å². The van der Waals surface area contributed by atoms with Crippen LogP contribution in [0.4, 0.5) is 0 Å². The maximum absolute atomic E-state index is 10.1. The third-order valence-corrected chi connectivity index (χ3v) is 3.63. The molecule has 1 fully saturated rings. The van der Waals surface area contributed by atoms with E-state index in [1.165, 1.54) is 5.56 Å². The van der Waals surface area contributed by atoms with Gasteiger partial charge in [0.2, 0.25) is 11.8 Å². The van der Waals surface area contributed by atoms with Crippen molar-refractivity contribution in [1.82, 2.24) is 15.1 Å². The summed E-state index contributed by atoms with van der Waals surface area (Å²) in [6.45, 7) is 5.47. The predicted octanol–water partition coefficient (Wildman–Crippen LogP) is 2.72. The van der Waals surface area contributed by atoms with E-state index in [1.54, 1.807) is 0 Å². The van der Waals surface area contributed by atoms with Gasteiger partial charge < -0.3 is 9.52 Å². The molecule has 0 radical (unpaired) electrons. The number of aliphatic hydroxyl groups is 1. The number of rotatable bonds is 7. The van der Waals surface area contributed by atoms with Crippen LogP contribution < -0.4 is 0 Å². The van der Waals surface area contributed by atoms with E-state index in [1.807, 2.05) is 32.0 Å². The van der Waals surface area contributed by atoms with E-state index in [0.29, 0.717) is 24.9 Å². The smallest absolute Gasteiger partial charge is 0.230 e. The summed E-state index contributed by atoms with van der Waals surface area (Å²) in [5.74, 6) is 1.86. The number of aromatic nitrogens is 2. The Bertz CT molecular complexity index is 600. The minimum atomic E-state index is -0.770. The molecule has 1 aromatic carbocycles. The highest BCUT2D eigenvalue weighted by Crippen LogP contribution is 2.39. The zero-order valence-electron chi connectivity index (χ0n) is 13.2. The Labute approximate surface area is 131 Å². The molecule has 0 saturated heterocycles. The molecule has 0 unspecified atom stereocenters. The molecule has 118 valence electrons. The molecule has 1 saturated carbocycles. The quantitative estimate of drug-likeness (QED) is 0.852. The molecule has 22 heavy (non-hydrogen) atoms. The summed E-state index contributed by atoms with van der Waals surface area (Å²) < 4.78 is 5.74. The Hall–Kier alpha value is -1.72. The highest BCUT2D eigenvalue weighted by Gasteiger charge is 2.30. The molecular weight excluding hydrogens is 278 g/mol. The molecule has 1 aliphatic carbocycles. The number of benzene rings is 1. The topological polar surface area (TPSA) is 62.4 Å². The molecule has 0 spiro atoms. The molecule has 1 aromatic heterocycles. The first-order valence-electron chi connectivity index (χ1n) is 7.80. The number of hydrogen-bond donors (Lipinski definition) is 1. The van der Waals surface area contributed by atoms with Gasteiger partial charge in [-0.15, -0.1) is 10.2 Å². The number of nitrogens with zero attached hydrogens (tertiary/aromatic N) is 3. The van der Waals surface area contributed by atoms with Gasteiger partial charge in [0.05, 0.1) is 12.1 Å². The molecule has 1 N–H and O–H groups in total. The van der Waals surface area contributed by atoms with Gasteiger partial charge in [-0.1, -0.05) is 30.3 Å². The van der Waals surface area contributed by atoms with Gasteiger partial charge in [-0.3, -0.25) is 4.90 Å². The van der Waals surface area contributed by atoms with Gasteiger partial charge in [0.15, 0.2) is 0 Å². The van der Waals surface area contributed by atoms with Crippen LogP contribution in [0.25, 0.3) is 0 Å². The van der Waals surface area contributed by atoms with Crippen LogP contribution in [-0.2, 0) is 13.1 Å². The largest absolute Gasteiger partial charge is 0.424 e. The average molecular weight is 301 g/mol. The molecule has 0 aliphatic heterocycles. The van der Waals surface area contributed by atoms with Crippen LogP contribution >= 0.6 is 0 Å². The van der Waals surface area contributed by atoms with E-state index in [2.05, 4.69) is 27.2 Å². The third-order valence-electron chi connectivity index (χ3n) is 3.63. The normalized spacial score (nSPS) is 15.5. The van der Waals surface area contributed by atoms with Crippen molar-refractivity contribution in [3.05, 3.63) is 47.7 Å². The lowest BCUT2D eigenvalue weighted by Crippen LogP contribution is -2.38. The lowest BCUT2D eigenvalue weighted by molar-refractivity contribution is 0.0278. The van der Waals surface area contributed by atoms with Crippen molar-refractivity contribution in [2.75, 3.05) is 6.54 Å². The average Bonchev–Trinajstić information content (AvgIpc) is 3.19. The Morgan fingerprint density at radius 1 is 1.18 bits per heavy atom. The molecule has 0 bridgehead atoms. The van der Waals surface area contributed by atoms with Crippen molar-refractivity contribution in [3.63, 3.8) is 0 Å². The van der Waals surface area contributed by atoms with Gasteiger partial charge in [0.25, 0.3) is 0 Å². The highest BCUT2D eigenvalue weighted by atomic mass is 16.4. The first-order chi connectivity index (χ1) is 10.5. The van der Waals surface area contributed by atoms with Gasteiger partial charge in [0.1, 0.15) is 0 Å². The van der Waals surface area contributed by atoms with Crippen LogP contribution in [0, 0.1) is 0 Å². The molecule has 1 aliphatic rings. The SMILES string of the molecule is CC(C)(O)CN(Cc1ccccc1)Cc1nnc(C2CC2)o1. The molecule has 5 nitrogen and oxygen atoms in total. The van der Waals surface area contributed by atoms with E-state index in [9.17, 15) is 5.11 Å². The van der Waals surface area contributed by atoms with Crippen LogP contribution in [0.5, 0.6) is 0 Å². The second-order valence-corrected chi connectivity index (χ2v) is 6.75. The van der Waals surface area contributed by atoms with Crippen molar-refractivity contribution in [2.45, 2.75) is 51.3 Å². The summed E-state index contributed by atoms with van der Waals surface area (Å²) in [4.78, 5) is 2.14. The summed E-state index contributed by atoms with van der Waals surface area (Å²) >= 11 is 0. The van der Waals surface area contributed by atoms with Crippen molar-refractivity contribution >= 4 is 0 Å². The van der Waals surface area contributed by atoms with E-state index in [-0.39, 0.29) is 0 Å². The zero-order valence-corrected chi connectivity index (χ0v) is 13.2. The molecular formula is C17H23N3O2. The molecule has 0 atom stereocenters. The van der Waals surface area contributed by atoms with Crippen molar-refractivity contribution in [3.8, 4) is 0 Å². The Morgan fingerprint density at radius 2 is 1.91 bits per heavy atom. The minimum absolute atomic E-state index is 0.470. The van der Waals surface area contributed by atoms with Crippen molar-refractivity contribution in [2.24, 2.45) is 0 Å². The standard InChI is InChI=1S/C17H23N3O2/c1-17(2,21)12-20(10-13-6-4-3-5-7-13)11-15-18-19-16(22-15)14-8-9-14/h3-7,14,21H,8-12H2,1-2H3. The van der Waals surface area contributed by atoms with Gasteiger partial charge in [0, 0.05) is 19.0 Å². The Kier molecular flexibility index (Phi) is 4.27. The first-order valence-corrected chi connectivity index (χ1v) is 7.80. The second-order valence-electron chi connectivity index (χ2n) is 6.75. The second kappa shape index (κ2) is 6.18. The maximum atomic E-state index is 10.1. The Balaban J connectivity index is 1.69.